The van der Waals surface area contributed by atoms with Crippen molar-refractivity contribution in [2.24, 2.45) is 4.99 Å². The van der Waals surface area contributed by atoms with Crippen molar-refractivity contribution >= 4 is 61.5 Å². The largest absolute Gasteiger partial charge is 0.325 e. The molecule has 196 valence electrons. The summed E-state index contributed by atoms with van der Waals surface area (Å²) >= 11 is 18.8. The van der Waals surface area contributed by atoms with Crippen LogP contribution < -0.4 is 4.90 Å². The Balaban J connectivity index is 1.50. The average molecular weight is 593 g/mol. The zero-order chi connectivity index (χ0) is 27.2. The van der Waals surface area contributed by atoms with Crippen molar-refractivity contribution in [1.82, 2.24) is 4.90 Å². The van der Waals surface area contributed by atoms with Gasteiger partial charge in [0.25, 0.3) is 5.91 Å². The number of anilines is 1. The zero-order valence-corrected chi connectivity index (χ0v) is 23.1. The van der Waals surface area contributed by atoms with E-state index in [0.29, 0.717) is 40.5 Å². The van der Waals surface area contributed by atoms with Crippen LogP contribution in [0.2, 0.25) is 10.0 Å². The number of nitrogens with zero attached hydrogens (tertiary/aromatic N) is 3. The summed E-state index contributed by atoms with van der Waals surface area (Å²) in [6.07, 6.45) is 1.55. The van der Waals surface area contributed by atoms with Gasteiger partial charge in [0.05, 0.1) is 33.2 Å². The summed E-state index contributed by atoms with van der Waals surface area (Å²) in [5.74, 6) is -0.698. The van der Waals surface area contributed by atoms with E-state index < -0.39 is 21.7 Å². The normalized spacial score (nSPS) is 17.8. The predicted molar refractivity (Wildman–Crippen MR) is 148 cm³/mol. The van der Waals surface area contributed by atoms with Crippen LogP contribution in [0.25, 0.3) is 0 Å². The molecular formula is C27H21Cl3FN3O3S. The van der Waals surface area contributed by atoms with Crippen molar-refractivity contribution < 1.29 is 17.6 Å². The molecule has 5 rings (SSSR count). The lowest BCUT2D eigenvalue weighted by Gasteiger charge is -2.41. The van der Waals surface area contributed by atoms with Crippen molar-refractivity contribution in [3.63, 3.8) is 0 Å². The second-order valence-electron chi connectivity index (χ2n) is 9.12. The van der Waals surface area contributed by atoms with E-state index in [9.17, 15) is 17.6 Å². The fourth-order valence-electron chi connectivity index (χ4n) is 4.63. The molecule has 2 heterocycles. The molecule has 0 bridgehead atoms. The van der Waals surface area contributed by atoms with Crippen LogP contribution in [0.4, 0.5) is 10.1 Å². The van der Waals surface area contributed by atoms with Gasteiger partial charge in [-0.3, -0.25) is 4.79 Å². The standard InChI is InChI=1S/C27H21Cl3FN3O3S/c1-38(36,37)21-8-6-20(7-9-21)33-14-18-13-25(16-3-2-4-19(31)11-16)34(15-24(18)32-27(33)30)26(35)17-5-10-22(28)23(29)12-17/h2-12,25H,13-15H2,1H3. The van der Waals surface area contributed by atoms with Gasteiger partial charge < -0.3 is 9.80 Å². The summed E-state index contributed by atoms with van der Waals surface area (Å²) in [5, 5.41) is 0.789. The number of halogens is 4. The molecule has 0 N–H and O–H groups in total. The molecule has 6 nitrogen and oxygen atoms in total. The Morgan fingerprint density at radius 1 is 0.974 bits per heavy atom. The van der Waals surface area contributed by atoms with E-state index >= 15 is 0 Å². The molecule has 38 heavy (non-hydrogen) atoms. The first-order valence-corrected chi connectivity index (χ1v) is 14.6. The maximum Gasteiger partial charge on any atom is 0.254 e. The molecule has 2 aliphatic heterocycles. The van der Waals surface area contributed by atoms with Crippen LogP contribution in [-0.4, -0.2) is 43.9 Å². The van der Waals surface area contributed by atoms with Crippen molar-refractivity contribution in [2.75, 3.05) is 24.2 Å². The minimum absolute atomic E-state index is 0.159. The number of benzene rings is 3. The highest BCUT2D eigenvalue weighted by Crippen LogP contribution is 2.39. The Morgan fingerprint density at radius 3 is 2.37 bits per heavy atom. The van der Waals surface area contributed by atoms with Gasteiger partial charge in [-0.2, -0.15) is 0 Å². The second kappa shape index (κ2) is 10.3. The molecule has 0 aliphatic carbocycles. The molecule has 2 aliphatic rings. The van der Waals surface area contributed by atoms with Crippen LogP contribution in [0.15, 0.2) is 87.9 Å². The first-order valence-electron chi connectivity index (χ1n) is 11.6. The molecule has 3 aromatic rings. The Bertz CT molecular complexity index is 1610. The third-order valence-corrected chi connectivity index (χ3v) is 8.74. The first-order chi connectivity index (χ1) is 18.0. The molecule has 1 amide bonds. The van der Waals surface area contributed by atoms with Crippen molar-refractivity contribution in [1.29, 1.82) is 0 Å². The maximum atomic E-state index is 14.2. The van der Waals surface area contributed by atoms with Crippen LogP contribution in [0.5, 0.6) is 0 Å². The average Bonchev–Trinajstić information content (AvgIpc) is 2.88. The number of amides is 1. The first kappa shape index (κ1) is 26.7. The number of rotatable bonds is 4. The minimum Gasteiger partial charge on any atom is -0.325 e. The molecule has 3 aromatic carbocycles. The monoisotopic (exact) mass is 591 g/mol. The lowest BCUT2D eigenvalue weighted by molar-refractivity contribution is 0.0678. The summed E-state index contributed by atoms with van der Waals surface area (Å²) < 4.78 is 37.9. The van der Waals surface area contributed by atoms with Crippen molar-refractivity contribution in [3.8, 4) is 0 Å². The van der Waals surface area contributed by atoms with Crippen molar-refractivity contribution in [3.05, 3.63) is 105 Å². The zero-order valence-electron chi connectivity index (χ0n) is 20.0. The Morgan fingerprint density at radius 2 is 1.71 bits per heavy atom. The SMILES string of the molecule is CS(=O)(=O)c1ccc(N2CC3=C(CN(C(=O)c4ccc(Cl)c(Cl)c4)C(c4cccc(F)c4)C3)N=C2Cl)cc1. The van der Waals surface area contributed by atoms with Crippen LogP contribution in [0, 0.1) is 5.82 Å². The molecule has 11 heteroatoms. The number of hydrogen-bond acceptors (Lipinski definition) is 5. The number of carbonyl (C=O) groups excluding carboxylic acids is 1. The molecular weight excluding hydrogens is 572 g/mol. The molecule has 0 spiro atoms. The summed E-state index contributed by atoms with van der Waals surface area (Å²) in [5.41, 5.74) is 3.27. The van der Waals surface area contributed by atoms with E-state index in [2.05, 4.69) is 4.99 Å². The molecule has 1 atom stereocenters. The number of amidine groups is 1. The van der Waals surface area contributed by atoms with E-state index in [1.165, 1.54) is 30.3 Å². The number of aliphatic imine (C=N–C) groups is 1. The third-order valence-electron chi connectivity index (χ3n) is 6.58. The highest BCUT2D eigenvalue weighted by molar-refractivity contribution is 7.90. The Kier molecular flexibility index (Phi) is 7.26. The van der Waals surface area contributed by atoms with Crippen molar-refractivity contribution in [2.45, 2.75) is 17.4 Å². The number of carbonyl (C=O) groups is 1. The van der Waals surface area contributed by atoms with E-state index in [4.69, 9.17) is 34.8 Å². The highest BCUT2D eigenvalue weighted by atomic mass is 35.5. The Hall–Kier alpha value is -2.91. The minimum atomic E-state index is -3.34. The summed E-state index contributed by atoms with van der Waals surface area (Å²) in [6, 6.07) is 16.8. The molecule has 0 saturated heterocycles. The highest BCUT2D eigenvalue weighted by Gasteiger charge is 2.36. The molecule has 0 aromatic heterocycles. The molecule has 0 radical (unpaired) electrons. The van der Waals surface area contributed by atoms with Gasteiger partial charge in [0.1, 0.15) is 5.82 Å². The van der Waals surface area contributed by atoms with Gasteiger partial charge in [-0.05, 0) is 83.8 Å². The van der Waals surface area contributed by atoms with Crippen LogP contribution >= 0.6 is 34.8 Å². The van der Waals surface area contributed by atoms with E-state index in [-0.39, 0.29) is 27.7 Å². The van der Waals surface area contributed by atoms with E-state index in [1.54, 1.807) is 46.2 Å². The maximum absolute atomic E-state index is 14.2. The smallest absolute Gasteiger partial charge is 0.254 e. The van der Waals surface area contributed by atoms with Crippen LogP contribution in [-0.2, 0) is 9.84 Å². The van der Waals surface area contributed by atoms with Crippen LogP contribution in [0.1, 0.15) is 28.4 Å². The number of hydrogen-bond donors (Lipinski definition) is 0. The third kappa shape index (κ3) is 5.31. The summed E-state index contributed by atoms with van der Waals surface area (Å²) in [6.45, 7) is 0.545. The predicted octanol–water partition coefficient (Wildman–Crippen LogP) is 6.49. The lowest BCUT2D eigenvalue weighted by atomic mass is 9.90. The fraction of sp³-hybridized carbons (Fsp3) is 0.185. The van der Waals surface area contributed by atoms with E-state index in [1.807, 2.05) is 0 Å². The van der Waals surface area contributed by atoms with Gasteiger partial charge in [0.15, 0.2) is 9.84 Å². The van der Waals surface area contributed by atoms with Gasteiger partial charge in [0.2, 0.25) is 5.29 Å². The van der Waals surface area contributed by atoms with E-state index in [0.717, 1.165) is 11.8 Å². The number of sulfone groups is 1. The van der Waals surface area contributed by atoms with Gasteiger partial charge in [0, 0.05) is 24.1 Å². The van der Waals surface area contributed by atoms with Gasteiger partial charge >= 0.3 is 0 Å². The topological polar surface area (TPSA) is 70.1 Å². The molecule has 1 unspecified atom stereocenters. The van der Waals surface area contributed by atoms with Gasteiger partial charge in [-0.15, -0.1) is 0 Å². The molecule has 0 saturated carbocycles. The Labute approximate surface area is 234 Å². The van der Waals surface area contributed by atoms with Crippen LogP contribution in [0.3, 0.4) is 0 Å². The summed E-state index contributed by atoms with van der Waals surface area (Å²) in [7, 11) is -3.34. The van der Waals surface area contributed by atoms with Gasteiger partial charge in [-0.25, -0.2) is 17.8 Å². The quantitative estimate of drug-likeness (QED) is 0.325. The summed E-state index contributed by atoms with van der Waals surface area (Å²) in [4.78, 5) is 21.9. The fourth-order valence-corrected chi connectivity index (χ4v) is 5.82. The lowest BCUT2D eigenvalue weighted by Crippen LogP contribution is -2.43. The van der Waals surface area contributed by atoms with Gasteiger partial charge in [-0.1, -0.05) is 35.3 Å². The second-order valence-corrected chi connectivity index (χ2v) is 12.3. The molecule has 0 fully saturated rings.